The third kappa shape index (κ3) is 3.11. The minimum atomic E-state index is 0.251. The molecule has 0 radical (unpaired) electrons. The Hall–Kier alpha value is -0.200. The first-order valence-electron chi connectivity index (χ1n) is 7.04. The Labute approximate surface area is 122 Å². The van der Waals surface area contributed by atoms with Crippen molar-refractivity contribution in [1.29, 1.82) is 0 Å². The molecule has 2 aliphatic rings. The van der Waals surface area contributed by atoms with Gasteiger partial charge < -0.3 is 9.84 Å². The number of hydrogen-bond acceptors (Lipinski definition) is 6. The molecule has 0 aromatic carbocycles. The van der Waals surface area contributed by atoms with Gasteiger partial charge in [-0.3, -0.25) is 0 Å². The number of hydrogen-bond donors (Lipinski definition) is 1. The molecular formula is C13H21N3OS2. The van der Waals surface area contributed by atoms with E-state index in [-0.39, 0.29) is 6.04 Å². The Morgan fingerprint density at radius 2 is 2.11 bits per heavy atom. The van der Waals surface area contributed by atoms with Gasteiger partial charge in [0.05, 0.1) is 11.3 Å². The fourth-order valence-electron chi connectivity index (χ4n) is 2.72. The SMILES string of the molecule is CC1CCNC(c2nc(C3SCCSC3C)no2)C1. The van der Waals surface area contributed by atoms with Crippen LogP contribution in [0.2, 0.25) is 0 Å². The van der Waals surface area contributed by atoms with Gasteiger partial charge in [-0.1, -0.05) is 19.0 Å². The maximum Gasteiger partial charge on any atom is 0.243 e. The van der Waals surface area contributed by atoms with Gasteiger partial charge in [0.25, 0.3) is 0 Å². The van der Waals surface area contributed by atoms with Gasteiger partial charge in [0.15, 0.2) is 5.82 Å². The Morgan fingerprint density at radius 3 is 2.89 bits per heavy atom. The lowest BCUT2D eigenvalue weighted by atomic mass is 9.94. The highest BCUT2D eigenvalue weighted by atomic mass is 32.2. The number of aromatic nitrogens is 2. The van der Waals surface area contributed by atoms with Gasteiger partial charge in [0, 0.05) is 16.8 Å². The summed E-state index contributed by atoms with van der Waals surface area (Å²) < 4.78 is 5.51. The first kappa shape index (κ1) is 13.8. The molecule has 4 nitrogen and oxygen atoms in total. The zero-order valence-electron chi connectivity index (χ0n) is 11.5. The molecule has 2 fully saturated rings. The van der Waals surface area contributed by atoms with Crippen molar-refractivity contribution in [3.05, 3.63) is 11.7 Å². The third-order valence-corrected chi connectivity index (χ3v) is 6.95. The van der Waals surface area contributed by atoms with Gasteiger partial charge in [0.1, 0.15) is 0 Å². The topological polar surface area (TPSA) is 51.0 Å². The van der Waals surface area contributed by atoms with E-state index in [0.29, 0.717) is 10.5 Å². The van der Waals surface area contributed by atoms with Crippen LogP contribution < -0.4 is 5.32 Å². The minimum absolute atomic E-state index is 0.251. The summed E-state index contributed by atoms with van der Waals surface area (Å²) >= 11 is 3.97. The summed E-state index contributed by atoms with van der Waals surface area (Å²) in [6, 6.07) is 0.251. The largest absolute Gasteiger partial charge is 0.338 e. The normalized spacial score (nSPS) is 36.3. The van der Waals surface area contributed by atoms with E-state index in [1.54, 1.807) is 0 Å². The van der Waals surface area contributed by atoms with Crippen molar-refractivity contribution < 1.29 is 4.52 Å². The van der Waals surface area contributed by atoms with Gasteiger partial charge in [-0.25, -0.2) is 0 Å². The van der Waals surface area contributed by atoms with Gasteiger partial charge in [-0.15, -0.1) is 11.8 Å². The van der Waals surface area contributed by atoms with E-state index >= 15 is 0 Å². The minimum Gasteiger partial charge on any atom is -0.338 e. The van der Waals surface area contributed by atoms with Crippen LogP contribution in [-0.4, -0.2) is 33.4 Å². The number of rotatable bonds is 2. The molecule has 6 heteroatoms. The highest BCUT2D eigenvalue weighted by Gasteiger charge is 2.31. The lowest BCUT2D eigenvalue weighted by Gasteiger charge is -2.26. The zero-order valence-corrected chi connectivity index (χ0v) is 13.1. The van der Waals surface area contributed by atoms with Crippen molar-refractivity contribution in [3.8, 4) is 0 Å². The number of nitrogens with one attached hydrogen (secondary N) is 1. The maximum absolute atomic E-state index is 5.51. The van der Waals surface area contributed by atoms with E-state index in [1.807, 2.05) is 23.5 Å². The molecule has 3 rings (SSSR count). The van der Waals surface area contributed by atoms with Crippen molar-refractivity contribution >= 4 is 23.5 Å². The molecule has 0 bridgehead atoms. The molecule has 4 unspecified atom stereocenters. The second kappa shape index (κ2) is 6.06. The predicted molar refractivity (Wildman–Crippen MR) is 80.6 cm³/mol. The molecular weight excluding hydrogens is 278 g/mol. The highest BCUT2D eigenvalue weighted by Crippen LogP contribution is 2.41. The first-order valence-corrected chi connectivity index (χ1v) is 9.14. The number of piperidine rings is 1. The molecule has 1 N–H and O–H groups in total. The van der Waals surface area contributed by atoms with Crippen LogP contribution in [0.1, 0.15) is 49.7 Å². The molecule has 19 heavy (non-hydrogen) atoms. The lowest BCUT2D eigenvalue weighted by Crippen LogP contribution is -2.31. The van der Waals surface area contributed by atoms with Crippen LogP contribution in [0, 0.1) is 5.92 Å². The van der Waals surface area contributed by atoms with E-state index in [2.05, 4.69) is 29.3 Å². The fraction of sp³-hybridized carbons (Fsp3) is 0.846. The molecule has 2 aliphatic heterocycles. The number of thioether (sulfide) groups is 2. The van der Waals surface area contributed by atoms with Gasteiger partial charge >= 0.3 is 0 Å². The fourth-order valence-corrected chi connectivity index (χ4v) is 5.40. The van der Waals surface area contributed by atoms with Crippen molar-refractivity contribution in [3.63, 3.8) is 0 Å². The van der Waals surface area contributed by atoms with Crippen molar-refractivity contribution in [1.82, 2.24) is 15.5 Å². The molecule has 0 saturated carbocycles. The van der Waals surface area contributed by atoms with E-state index in [4.69, 9.17) is 4.52 Å². The van der Waals surface area contributed by atoms with E-state index < -0.39 is 0 Å². The molecule has 1 aromatic rings. The predicted octanol–water partition coefficient (Wildman–Crippen LogP) is 3.04. The summed E-state index contributed by atoms with van der Waals surface area (Å²) in [5, 5.41) is 8.67. The molecule has 0 spiro atoms. The molecule has 1 aromatic heterocycles. The molecule has 106 valence electrons. The summed E-state index contributed by atoms with van der Waals surface area (Å²) in [6.07, 6.45) is 2.34. The zero-order chi connectivity index (χ0) is 13.2. The lowest BCUT2D eigenvalue weighted by molar-refractivity contribution is 0.259. The summed E-state index contributed by atoms with van der Waals surface area (Å²) in [5.41, 5.74) is 0. The van der Waals surface area contributed by atoms with Crippen molar-refractivity contribution in [2.45, 2.75) is 43.2 Å². The standard InChI is InChI=1S/C13H21N3OS2/c1-8-3-4-14-10(7-8)13-15-12(16-17-13)11-9(2)18-5-6-19-11/h8-11,14H,3-7H2,1-2H3. The van der Waals surface area contributed by atoms with E-state index in [9.17, 15) is 0 Å². The Balaban J connectivity index is 1.71. The molecule has 4 atom stereocenters. The summed E-state index contributed by atoms with van der Waals surface area (Å²) in [5.74, 6) is 4.82. The van der Waals surface area contributed by atoms with Crippen LogP contribution in [-0.2, 0) is 0 Å². The summed E-state index contributed by atoms with van der Waals surface area (Å²) in [6.45, 7) is 5.60. The van der Waals surface area contributed by atoms with Crippen molar-refractivity contribution in [2.24, 2.45) is 5.92 Å². The average molecular weight is 299 g/mol. The van der Waals surface area contributed by atoms with E-state index in [0.717, 1.165) is 30.6 Å². The highest BCUT2D eigenvalue weighted by molar-refractivity contribution is 8.06. The van der Waals surface area contributed by atoms with Crippen molar-refractivity contribution in [2.75, 3.05) is 18.1 Å². The first-order chi connectivity index (χ1) is 9.24. The monoisotopic (exact) mass is 299 g/mol. The molecule has 0 amide bonds. The Kier molecular flexibility index (Phi) is 4.39. The van der Waals surface area contributed by atoms with Gasteiger partial charge in [-0.2, -0.15) is 16.7 Å². The quantitative estimate of drug-likeness (QED) is 0.906. The Bertz CT molecular complexity index is 426. The van der Waals surface area contributed by atoms with Crippen LogP contribution in [0.5, 0.6) is 0 Å². The van der Waals surface area contributed by atoms with Gasteiger partial charge in [-0.05, 0) is 25.3 Å². The molecule has 0 aliphatic carbocycles. The van der Waals surface area contributed by atoms with Crippen LogP contribution >= 0.6 is 23.5 Å². The number of nitrogens with zero attached hydrogens (tertiary/aromatic N) is 2. The summed E-state index contributed by atoms with van der Waals surface area (Å²) in [4.78, 5) is 4.67. The molecule has 2 saturated heterocycles. The van der Waals surface area contributed by atoms with Crippen LogP contribution in [0.3, 0.4) is 0 Å². The Morgan fingerprint density at radius 1 is 1.26 bits per heavy atom. The second-order valence-electron chi connectivity index (χ2n) is 5.49. The van der Waals surface area contributed by atoms with Crippen LogP contribution in [0.15, 0.2) is 4.52 Å². The molecule has 3 heterocycles. The van der Waals surface area contributed by atoms with Crippen LogP contribution in [0.25, 0.3) is 0 Å². The van der Waals surface area contributed by atoms with Crippen LogP contribution in [0.4, 0.5) is 0 Å². The van der Waals surface area contributed by atoms with E-state index in [1.165, 1.54) is 17.9 Å². The third-order valence-electron chi connectivity index (χ3n) is 3.86. The average Bonchev–Trinajstić information content (AvgIpc) is 2.89. The van der Waals surface area contributed by atoms with Gasteiger partial charge in [0.2, 0.25) is 5.89 Å². The smallest absolute Gasteiger partial charge is 0.243 e. The second-order valence-corrected chi connectivity index (χ2v) is 8.23. The maximum atomic E-state index is 5.51. The summed E-state index contributed by atoms with van der Waals surface area (Å²) in [7, 11) is 0.